The lowest BCUT2D eigenvalue weighted by atomic mass is 10.2. The first kappa shape index (κ1) is 14.1. The van der Waals surface area contributed by atoms with Crippen molar-refractivity contribution in [2.24, 2.45) is 0 Å². The molecule has 0 radical (unpaired) electrons. The normalized spacial score (nSPS) is 22.3. The van der Waals surface area contributed by atoms with Gasteiger partial charge in [-0.25, -0.2) is 4.90 Å². The summed E-state index contributed by atoms with van der Waals surface area (Å²) >= 11 is 6.02. The molecule has 0 spiro atoms. The van der Waals surface area contributed by atoms with Crippen molar-refractivity contribution in [3.05, 3.63) is 41.1 Å². The molecular weight excluding hydrogens is 292 g/mol. The number of hydrogen-bond acceptors (Lipinski definition) is 4. The maximum absolute atomic E-state index is 12.4. The van der Waals surface area contributed by atoms with E-state index in [4.69, 9.17) is 16.3 Å². The third-order valence-corrected chi connectivity index (χ3v) is 3.92. The largest absolute Gasteiger partial charge is 0.377 e. The van der Waals surface area contributed by atoms with Crippen molar-refractivity contribution in [3.63, 3.8) is 0 Å². The lowest BCUT2D eigenvalue weighted by Gasteiger charge is -2.15. The minimum absolute atomic E-state index is 0.0654. The van der Waals surface area contributed by atoms with Crippen LogP contribution in [0.4, 0.5) is 5.69 Å². The lowest BCUT2D eigenvalue weighted by molar-refractivity contribution is -0.120. The number of imide groups is 1. The minimum atomic E-state index is -0.497. The number of benzene rings is 1. The molecule has 1 N–H and O–H groups in total. The van der Waals surface area contributed by atoms with Crippen LogP contribution in [0.3, 0.4) is 0 Å². The van der Waals surface area contributed by atoms with E-state index in [1.165, 1.54) is 0 Å². The molecule has 2 aliphatic rings. The highest BCUT2D eigenvalue weighted by Gasteiger charge is 2.38. The van der Waals surface area contributed by atoms with Gasteiger partial charge in [0.25, 0.3) is 11.8 Å². The fourth-order valence-corrected chi connectivity index (χ4v) is 2.72. The molecule has 3 rings (SSSR count). The quantitative estimate of drug-likeness (QED) is 0.862. The summed E-state index contributed by atoms with van der Waals surface area (Å²) in [7, 11) is 0. The van der Waals surface area contributed by atoms with E-state index in [0.717, 1.165) is 24.3 Å². The first-order valence-corrected chi connectivity index (χ1v) is 7.25. The topological polar surface area (TPSA) is 58.6 Å². The highest BCUT2D eigenvalue weighted by Crippen LogP contribution is 2.27. The van der Waals surface area contributed by atoms with Crippen molar-refractivity contribution in [1.82, 2.24) is 5.32 Å². The van der Waals surface area contributed by atoms with Gasteiger partial charge in [-0.2, -0.15) is 0 Å². The van der Waals surface area contributed by atoms with Crippen LogP contribution in [0.15, 0.2) is 41.1 Å². The number of carbonyl (C=O) groups is 2. The van der Waals surface area contributed by atoms with Crippen LogP contribution >= 0.6 is 11.6 Å². The van der Waals surface area contributed by atoms with E-state index in [2.05, 4.69) is 5.32 Å². The molecule has 1 aromatic carbocycles. The van der Waals surface area contributed by atoms with E-state index >= 15 is 0 Å². The van der Waals surface area contributed by atoms with Crippen molar-refractivity contribution in [3.8, 4) is 0 Å². The highest BCUT2D eigenvalue weighted by molar-refractivity contribution is 6.52. The Morgan fingerprint density at radius 1 is 1.24 bits per heavy atom. The van der Waals surface area contributed by atoms with E-state index in [0.29, 0.717) is 12.2 Å². The number of nitrogens with one attached hydrogen (secondary N) is 1. The average Bonchev–Trinajstić information content (AvgIpc) is 3.08. The Morgan fingerprint density at radius 2 is 2.00 bits per heavy atom. The summed E-state index contributed by atoms with van der Waals surface area (Å²) in [6.45, 7) is 1.22. The van der Waals surface area contributed by atoms with Gasteiger partial charge < -0.3 is 10.1 Å². The Labute approximate surface area is 127 Å². The van der Waals surface area contributed by atoms with Gasteiger partial charge in [-0.05, 0) is 25.0 Å². The second-order valence-corrected chi connectivity index (χ2v) is 5.36. The summed E-state index contributed by atoms with van der Waals surface area (Å²) in [5, 5.41) is 2.90. The zero-order valence-corrected chi connectivity index (χ0v) is 12.1. The molecular formula is C15H15ClN2O3. The van der Waals surface area contributed by atoms with Crippen molar-refractivity contribution < 1.29 is 14.3 Å². The predicted molar refractivity (Wildman–Crippen MR) is 78.8 cm³/mol. The smallest absolute Gasteiger partial charge is 0.283 e. The molecule has 0 bridgehead atoms. The second kappa shape index (κ2) is 5.87. The van der Waals surface area contributed by atoms with Crippen molar-refractivity contribution in [1.29, 1.82) is 0 Å². The van der Waals surface area contributed by atoms with Crippen LogP contribution < -0.4 is 10.2 Å². The predicted octanol–water partition coefficient (Wildman–Crippen LogP) is 1.78. The Balaban J connectivity index is 1.75. The standard InChI is InChI=1S/C15H15ClN2O3/c16-12-13(17-9-11-7-4-8-21-11)15(20)18(14(12)19)10-5-2-1-3-6-10/h1-3,5-6,11,17H,4,7-9H2/t11-/m0/s1. The zero-order chi connectivity index (χ0) is 14.8. The summed E-state index contributed by atoms with van der Waals surface area (Å²) in [5.41, 5.74) is 0.667. The SMILES string of the molecule is O=C1C(Cl)=C(NC[C@@H]2CCCO2)C(=O)N1c1ccccc1. The summed E-state index contributed by atoms with van der Waals surface area (Å²) in [5.74, 6) is -0.920. The highest BCUT2D eigenvalue weighted by atomic mass is 35.5. The third kappa shape index (κ3) is 2.66. The maximum Gasteiger partial charge on any atom is 0.283 e. The summed E-state index contributed by atoms with van der Waals surface area (Å²) in [6, 6.07) is 8.75. The van der Waals surface area contributed by atoms with Gasteiger partial charge in [0.2, 0.25) is 0 Å². The molecule has 0 unspecified atom stereocenters. The van der Waals surface area contributed by atoms with E-state index in [1.54, 1.807) is 24.3 Å². The van der Waals surface area contributed by atoms with Gasteiger partial charge in [0, 0.05) is 13.2 Å². The molecule has 1 atom stereocenters. The van der Waals surface area contributed by atoms with Crippen LogP contribution in [0.25, 0.3) is 0 Å². The van der Waals surface area contributed by atoms with Gasteiger partial charge >= 0.3 is 0 Å². The van der Waals surface area contributed by atoms with Gasteiger partial charge in [-0.3, -0.25) is 9.59 Å². The van der Waals surface area contributed by atoms with E-state index in [-0.39, 0.29) is 16.8 Å². The van der Waals surface area contributed by atoms with Crippen LogP contribution in [-0.4, -0.2) is 31.1 Å². The first-order chi connectivity index (χ1) is 10.2. The van der Waals surface area contributed by atoms with Crippen molar-refractivity contribution in [2.45, 2.75) is 18.9 Å². The number of carbonyl (C=O) groups excluding carboxylic acids is 2. The van der Waals surface area contributed by atoms with Crippen LogP contribution in [-0.2, 0) is 14.3 Å². The van der Waals surface area contributed by atoms with Gasteiger partial charge in [0.05, 0.1) is 11.8 Å². The Hall–Kier alpha value is -1.85. The molecule has 6 heteroatoms. The number of anilines is 1. The van der Waals surface area contributed by atoms with Crippen LogP contribution in [0.5, 0.6) is 0 Å². The molecule has 2 aliphatic heterocycles. The van der Waals surface area contributed by atoms with Gasteiger partial charge in [-0.1, -0.05) is 29.8 Å². The van der Waals surface area contributed by atoms with Crippen molar-refractivity contribution in [2.75, 3.05) is 18.1 Å². The number of ether oxygens (including phenoxy) is 1. The molecule has 1 saturated heterocycles. The Morgan fingerprint density at radius 3 is 2.67 bits per heavy atom. The first-order valence-electron chi connectivity index (χ1n) is 6.87. The van der Waals surface area contributed by atoms with E-state index < -0.39 is 11.8 Å². The molecule has 0 saturated carbocycles. The van der Waals surface area contributed by atoms with Crippen LogP contribution in [0, 0.1) is 0 Å². The summed E-state index contributed by atoms with van der Waals surface area (Å²) < 4.78 is 5.48. The molecule has 2 amide bonds. The maximum atomic E-state index is 12.4. The van der Waals surface area contributed by atoms with Gasteiger partial charge in [0.15, 0.2) is 0 Å². The molecule has 0 aromatic heterocycles. The zero-order valence-electron chi connectivity index (χ0n) is 11.3. The number of hydrogen-bond donors (Lipinski definition) is 1. The molecule has 21 heavy (non-hydrogen) atoms. The monoisotopic (exact) mass is 306 g/mol. The molecule has 1 fully saturated rings. The third-order valence-electron chi connectivity index (χ3n) is 3.57. The number of amides is 2. The van der Waals surface area contributed by atoms with Gasteiger partial charge in [-0.15, -0.1) is 0 Å². The number of nitrogens with zero attached hydrogens (tertiary/aromatic N) is 1. The van der Waals surface area contributed by atoms with Gasteiger partial charge in [0.1, 0.15) is 10.7 Å². The summed E-state index contributed by atoms with van der Waals surface area (Å²) in [4.78, 5) is 25.6. The number of rotatable bonds is 4. The number of para-hydroxylation sites is 1. The molecule has 110 valence electrons. The second-order valence-electron chi connectivity index (χ2n) is 4.99. The molecule has 1 aromatic rings. The van der Waals surface area contributed by atoms with Crippen molar-refractivity contribution >= 4 is 29.1 Å². The summed E-state index contributed by atoms with van der Waals surface area (Å²) in [6.07, 6.45) is 2.03. The van der Waals surface area contributed by atoms with E-state index in [9.17, 15) is 9.59 Å². The Bertz CT molecular complexity index is 594. The van der Waals surface area contributed by atoms with Crippen LogP contribution in [0.1, 0.15) is 12.8 Å². The van der Waals surface area contributed by atoms with E-state index in [1.807, 2.05) is 6.07 Å². The van der Waals surface area contributed by atoms with Crippen LogP contribution in [0.2, 0.25) is 0 Å². The number of halogens is 1. The molecule has 0 aliphatic carbocycles. The average molecular weight is 307 g/mol. The fourth-order valence-electron chi connectivity index (χ4n) is 2.49. The minimum Gasteiger partial charge on any atom is -0.377 e. The molecule has 5 nitrogen and oxygen atoms in total. The Kier molecular flexibility index (Phi) is 3.94. The fraction of sp³-hybridized carbons (Fsp3) is 0.333. The molecule has 2 heterocycles. The lowest BCUT2D eigenvalue weighted by Crippen LogP contribution is -2.35.